The summed E-state index contributed by atoms with van der Waals surface area (Å²) in [4.78, 5) is 14.5. The van der Waals surface area contributed by atoms with Gasteiger partial charge in [0.05, 0.1) is 16.4 Å². The van der Waals surface area contributed by atoms with Crippen molar-refractivity contribution in [1.82, 2.24) is 14.6 Å². The Labute approximate surface area is 88.1 Å². The first-order valence-electron chi connectivity index (χ1n) is 4.54. The molecular weight excluding hydrogens is 246 g/mol. The van der Waals surface area contributed by atoms with Crippen LogP contribution in [0.4, 0.5) is 0 Å². The Morgan fingerprint density at radius 3 is 3.21 bits per heavy atom. The highest BCUT2D eigenvalue weighted by Crippen LogP contribution is 2.22. The van der Waals surface area contributed by atoms with Crippen molar-refractivity contribution in [1.29, 1.82) is 0 Å². The Hall–Kier alpha value is -1.10. The van der Waals surface area contributed by atoms with Gasteiger partial charge in [0.15, 0.2) is 5.65 Å². The average molecular weight is 254 g/mol. The summed E-state index contributed by atoms with van der Waals surface area (Å²) in [7, 11) is 0. The van der Waals surface area contributed by atoms with Crippen molar-refractivity contribution in [3.05, 3.63) is 32.3 Å². The molecule has 2 aromatic heterocycles. The predicted molar refractivity (Wildman–Crippen MR) is 55.5 cm³/mol. The molecule has 1 aliphatic rings. The number of fused-ring (bicyclic) bond motifs is 3. The standard InChI is InChI=1S/C9H8BrN3O/c10-6-4-11-13-7-3-1-2-5(7)9(14)12-8(6)13/h4H,1-3H2,(H,12,14). The third-order valence-electron chi connectivity index (χ3n) is 2.67. The van der Waals surface area contributed by atoms with E-state index in [1.165, 1.54) is 0 Å². The Kier molecular flexibility index (Phi) is 1.58. The lowest BCUT2D eigenvalue weighted by Crippen LogP contribution is -2.16. The molecule has 72 valence electrons. The maximum Gasteiger partial charge on any atom is 0.254 e. The van der Waals surface area contributed by atoms with E-state index in [9.17, 15) is 4.79 Å². The van der Waals surface area contributed by atoms with Crippen LogP contribution in [0.2, 0.25) is 0 Å². The summed E-state index contributed by atoms with van der Waals surface area (Å²) in [6.45, 7) is 0. The lowest BCUT2D eigenvalue weighted by Gasteiger charge is -2.01. The van der Waals surface area contributed by atoms with Crippen molar-refractivity contribution in [2.24, 2.45) is 0 Å². The summed E-state index contributed by atoms with van der Waals surface area (Å²) in [6, 6.07) is 0. The molecule has 1 aliphatic carbocycles. The van der Waals surface area contributed by atoms with Gasteiger partial charge in [-0.1, -0.05) is 0 Å². The number of nitrogens with one attached hydrogen (secondary N) is 1. The fourth-order valence-corrected chi connectivity index (χ4v) is 2.39. The molecule has 14 heavy (non-hydrogen) atoms. The topological polar surface area (TPSA) is 50.2 Å². The van der Waals surface area contributed by atoms with Gasteiger partial charge in [0.1, 0.15) is 0 Å². The normalized spacial score (nSPS) is 14.9. The lowest BCUT2D eigenvalue weighted by molar-refractivity contribution is 0.835. The number of aromatic nitrogens is 3. The van der Waals surface area contributed by atoms with Crippen LogP contribution < -0.4 is 5.56 Å². The van der Waals surface area contributed by atoms with Gasteiger partial charge in [0.2, 0.25) is 0 Å². The quantitative estimate of drug-likeness (QED) is 0.769. The van der Waals surface area contributed by atoms with Gasteiger partial charge in [-0.2, -0.15) is 5.10 Å². The monoisotopic (exact) mass is 253 g/mol. The molecule has 0 radical (unpaired) electrons. The second-order valence-electron chi connectivity index (χ2n) is 3.49. The van der Waals surface area contributed by atoms with Gasteiger partial charge in [-0.3, -0.25) is 4.79 Å². The maximum atomic E-state index is 11.7. The third kappa shape index (κ3) is 0.930. The fourth-order valence-electron chi connectivity index (χ4n) is 2.03. The van der Waals surface area contributed by atoms with Gasteiger partial charge >= 0.3 is 0 Å². The van der Waals surface area contributed by atoms with Gasteiger partial charge in [0.25, 0.3) is 5.56 Å². The van der Waals surface area contributed by atoms with E-state index in [2.05, 4.69) is 26.0 Å². The number of rotatable bonds is 0. The molecule has 0 spiro atoms. The SMILES string of the molecule is O=c1[nH]c2c(Br)cnn2c2c1CCC2. The highest BCUT2D eigenvalue weighted by Gasteiger charge is 2.19. The maximum absolute atomic E-state index is 11.7. The number of nitrogens with zero attached hydrogens (tertiary/aromatic N) is 2. The number of halogens is 1. The molecule has 0 fully saturated rings. The first kappa shape index (κ1) is 8.23. The van der Waals surface area contributed by atoms with E-state index in [1.807, 2.05) is 4.52 Å². The molecule has 1 N–H and O–H groups in total. The number of H-pyrrole nitrogens is 1. The van der Waals surface area contributed by atoms with Crippen LogP contribution >= 0.6 is 15.9 Å². The van der Waals surface area contributed by atoms with Crippen molar-refractivity contribution in [3.8, 4) is 0 Å². The predicted octanol–water partition coefficient (Wildman–Crippen LogP) is 1.27. The zero-order chi connectivity index (χ0) is 9.71. The van der Waals surface area contributed by atoms with Crippen molar-refractivity contribution in [2.75, 3.05) is 0 Å². The molecule has 0 aliphatic heterocycles. The Morgan fingerprint density at radius 1 is 1.50 bits per heavy atom. The Balaban J connectivity index is 2.54. The minimum Gasteiger partial charge on any atom is -0.306 e. The molecule has 0 amide bonds. The van der Waals surface area contributed by atoms with Crippen LogP contribution in [0.1, 0.15) is 17.7 Å². The van der Waals surface area contributed by atoms with Crippen LogP contribution in [-0.4, -0.2) is 14.6 Å². The summed E-state index contributed by atoms with van der Waals surface area (Å²) in [5, 5.41) is 4.23. The third-order valence-corrected chi connectivity index (χ3v) is 3.26. The molecule has 3 rings (SSSR count). The molecule has 0 saturated heterocycles. The zero-order valence-electron chi connectivity index (χ0n) is 7.38. The van der Waals surface area contributed by atoms with Gasteiger partial charge in [-0.15, -0.1) is 0 Å². The van der Waals surface area contributed by atoms with Crippen LogP contribution in [0.25, 0.3) is 5.65 Å². The highest BCUT2D eigenvalue weighted by molar-refractivity contribution is 9.10. The van der Waals surface area contributed by atoms with Gasteiger partial charge in [-0.25, -0.2) is 4.52 Å². The second kappa shape index (κ2) is 2.70. The highest BCUT2D eigenvalue weighted by atomic mass is 79.9. The van der Waals surface area contributed by atoms with Crippen molar-refractivity contribution in [2.45, 2.75) is 19.3 Å². The smallest absolute Gasteiger partial charge is 0.254 e. The van der Waals surface area contributed by atoms with Crippen molar-refractivity contribution < 1.29 is 0 Å². The molecule has 0 bridgehead atoms. The average Bonchev–Trinajstić information content (AvgIpc) is 2.74. The first-order chi connectivity index (χ1) is 6.77. The van der Waals surface area contributed by atoms with E-state index in [0.717, 1.165) is 40.6 Å². The number of hydrogen-bond donors (Lipinski definition) is 1. The van der Waals surface area contributed by atoms with Crippen molar-refractivity contribution in [3.63, 3.8) is 0 Å². The van der Waals surface area contributed by atoms with Gasteiger partial charge in [-0.05, 0) is 35.2 Å². The van der Waals surface area contributed by atoms with Crippen LogP contribution in [0, 0.1) is 0 Å². The molecular formula is C9H8BrN3O. The van der Waals surface area contributed by atoms with E-state index < -0.39 is 0 Å². The van der Waals surface area contributed by atoms with E-state index in [1.54, 1.807) is 6.20 Å². The summed E-state index contributed by atoms with van der Waals surface area (Å²) in [6.07, 6.45) is 4.58. The van der Waals surface area contributed by atoms with Crippen LogP contribution in [0.5, 0.6) is 0 Å². The molecule has 2 heterocycles. The fraction of sp³-hybridized carbons (Fsp3) is 0.333. The van der Waals surface area contributed by atoms with E-state index in [-0.39, 0.29) is 5.56 Å². The number of aryl methyl sites for hydroxylation is 1. The Morgan fingerprint density at radius 2 is 2.36 bits per heavy atom. The summed E-state index contributed by atoms with van der Waals surface area (Å²) in [5.41, 5.74) is 2.75. The van der Waals surface area contributed by atoms with Crippen LogP contribution in [0.15, 0.2) is 15.5 Å². The van der Waals surface area contributed by atoms with E-state index >= 15 is 0 Å². The molecule has 0 saturated carbocycles. The number of hydrogen-bond acceptors (Lipinski definition) is 2. The number of aromatic amines is 1. The summed E-state index contributed by atoms with van der Waals surface area (Å²) >= 11 is 3.36. The zero-order valence-corrected chi connectivity index (χ0v) is 8.97. The lowest BCUT2D eigenvalue weighted by atomic mass is 10.3. The molecule has 4 nitrogen and oxygen atoms in total. The minimum atomic E-state index is 0.0335. The molecule has 0 unspecified atom stereocenters. The summed E-state index contributed by atoms with van der Waals surface area (Å²) < 4.78 is 2.66. The molecule has 2 aromatic rings. The van der Waals surface area contributed by atoms with Gasteiger partial charge < -0.3 is 4.98 Å². The summed E-state index contributed by atoms with van der Waals surface area (Å²) in [5.74, 6) is 0. The molecule has 5 heteroatoms. The Bertz CT molecular complexity index is 569. The molecule has 0 atom stereocenters. The second-order valence-corrected chi connectivity index (χ2v) is 4.34. The first-order valence-corrected chi connectivity index (χ1v) is 5.34. The minimum absolute atomic E-state index is 0.0335. The van der Waals surface area contributed by atoms with E-state index in [4.69, 9.17) is 0 Å². The van der Waals surface area contributed by atoms with Crippen LogP contribution in [-0.2, 0) is 12.8 Å². The van der Waals surface area contributed by atoms with E-state index in [0.29, 0.717) is 0 Å². The van der Waals surface area contributed by atoms with Gasteiger partial charge in [0, 0.05) is 5.56 Å². The molecule has 0 aromatic carbocycles. The van der Waals surface area contributed by atoms with Crippen molar-refractivity contribution >= 4 is 21.6 Å². The van der Waals surface area contributed by atoms with Crippen LogP contribution in [0.3, 0.4) is 0 Å². The largest absolute Gasteiger partial charge is 0.306 e.